The molecule has 0 saturated carbocycles. The number of benzene rings is 2. The first-order valence-corrected chi connectivity index (χ1v) is 12.2. The molecule has 5 rings (SSSR count). The van der Waals surface area contributed by atoms with E-state index in [4.69, 9.17) is 9.26 Å². The van der Waals surface area contributed by atoms with E-state index in [2.05, 4.69) is 10.1 Å². The molecule has 174 valence electrons. The molecule has 1 amide bonds. The van der Waals surface area contributed by atoms with Gasteiger partial charge in [-0.2, -0.15) is 4.98 Å². The van der Waals surface area contributed by atoms with Crippen LogP contribution in [-0.4, -0.2) is 51.5 Å². The Labute approximate surface area is 196 Å². The van der Waals surface area contributed by atoms with Crippen molar-refractivity contribution in [2.75, 3.05) is 0 Å². The lowest BCUT2D eigenvalue weighted by Crippen LogP contribution is -2.57. The summed E-state index contributed by atoms with van der Waals surface area (Å²) in [4.78, 5) is 31.1. The molecule has 2 saturated heterocycles. The fraction of sp³-hybridized carbons (Fsp3) is 0.250. The summed E-state index contributed by atoms with van der Waals surface area (Å²) in [5.41, 5.74) is 1.44. The molecular weight excluding hydrogens is 458 g/mol. The predicted octanol–water partition coefficient (Wildman–Crippen LogP) is 2.53. The van der Waals surface area contributed by atoms with Crippen LogP contribution in [-0.2, 0) is 24.2 Å². The first-order chi connectivity index (χ1) is 16.3. The van der Waals surface area contributed by atoms with Crippen LogP contribution in [0.25, 0.3) is 6.08 Å². The van der Waals surface area contributed by atoms with E-state index in [1.165, 1.54) is 19.1 Å². The summed E-state index contributed by atoms with van der Waals surface area (Å²) < 4.78 is 35.7. The Bertz CT molecular complexity index is 1300. The number of β-lactam (4-membered cyclic amide) rings is 1. The predicted molar refractivity (Wildman–Crippen MR) is 121 cm³/mol. The molecule has 34 heavy (non-hydrogen) atoms. The van der Waals surface area contributed by atoms with Crippen LogP contribution >= 0.6 is 0 Å². The Hall–Kier alpha value is -3.79. The molecule has 1 aromatic heterocycles. The number of hydrogen-bond acceptors (Lipinski definition) is 8. The molecule has 10 heteroatoms. The lowest BCUT2D eigenvalue weighted by Gasteiger charge is -2.36. The van der Waals surface area contributed by atoms with Crippen LogP contribution in [0, 0.1) is 0 Å². The van der Waals surface area contributed by atoms with Crippen molar-refractivity contribution in [2.24, 2.45) is 0 Å². The van der Waals surface area contributed by atoms with Crippen LogP contribution in [0.1, 0.15) is 36.4 Å². The third-order valence-corrected chi connectivity index (χ3v) is 9.04. The van der Waals surface area contributed by atoms with Crippen molar-refractivity contribution in [1.29, 1.82) is 0 Å². The Kier molecular flexibility index (Phi) is 5.32. The van der Waals surface area contributed by atoms with Gasteiger partial charge >= 0.3 is 5.97 Å². The topological polar surface area (TPSA) is 120 Å². The van der Waals surface area contributed by atoms with Crippen LogP contribution in [0.2, 0.25) is 0 Å². The fourth-order valence-corrected chi connectivity index (χ4v) is 6.75. The molecule has 0 spiro atoms. The quantitative estimate of drug-likeness (QED) is 0.391. The van der Waals surface area contributed by atoms with E-state index in [0.29, 0.717) is 0 Å². The SMILES string of the molecule is C[C@]1(/C=C/c2ncon2)[C@H](C(=O)OC(c2ccccc2)c2ccccc2)N2C(=O)C[C@H]2S1(=O)=O. The highest BCUT2D eigenvalue weighted by Gasteiger charge is 2.69. The molecule has 0 radical (unpaired) electrons. The number of fused-ring (bicyclic) bond motifs is 1. The number of esters is 1. The van der Waals surface area contributed by atoms with Crippen molar-refractivity contribution in [2.45, 2.75) is 35.6 Å². The van der Waals surface area contributed by atoms with E-state index in [0.717, 1.165) is 22.4 Å². The molecule has 0 N–H and O–H groups in total. The maximum absolute atomic E-state index is 13.6. The van der Waals surface area contributed by atoms with Gasteiger partial charge in [-0.15, -0.1) is 0 Å². The van der Waals surface area contributed by atoms with Gasteiger partial charge in [-0.1, -0.05) is 71.9 Å². The molecule has 0 aliphatic carbocycles. The van der Waals surface area contributed by atoms with Crippen LogP contribution in [0.3, 0.4) is 0 Å². The zero-order chi connectivity index (χ0) is 23.9. The number of carbonyl (C=O) groups excluding carboxylic acids is 2. The normalized spacial score (nSPS) is 25.4. The minimum atomic E-state index is -3.94. The van der Waals surface area contributed by atoms with Gasteiger partial charge in [0.25, 0.3) is 0 Å². The summed E-state index contributed by atoms with van der Waals surface area (Å²) in [5.74, 6) is -1.07. The lowest BCUT2D eigenvalue weighted by atomic mass is 9.95. The van der Waals surface area contributed by atoms with E-state index in [9.17, 15) is 18.0 Å². The molecule has 2 aliphatic rings. The minimum absolute atomic E-state index is 0.149. The highest BCUT2D eigenvalue weighted by atomic mass is 32.2. The molecule has 3 atom stereocenters. The summed E-state index contributed by atoms with van der Waals surface area (Å²) in [6.45, 7) is 1.41. The molecule has 3 aromatic rings. The molecule has 2 aliphatic heterocycles. The van der Waals surface area contributed by atoms with Crippen molar-refractivity contribution in [1.82, 2.24) is 15.0 Å². The zero-order valence-corrected chi connectivity index (χ0v) is 19.0. The molecule has 3 heterocycles. The summed E-state index contributed by atoms with van der Waals surface area (Å²) in [6.07, 6.45) is 2.86. The third-order valence-electron chi connectivity index (χ3n) is 6.34. The number of amides is 1. The van der Waals surface area contributed by atoms with Crippen LogP contribution in [0.15, 0.2) is 77.7 Å². The smallest absolute Gasteiger partial charge is 0.331 e. The van der Waals surface area contributed by atoms with Gasteiger partial charge < -0.3 is 14.2 Å². The highest BCUT2D eigenvalue weighted by Crippen LogP contribution is 2.48. The number of carbonyl (C=O) groups is 2. The number of sulfone groups is 1. The Morgan fingerprint density at radius 3 is 2.29 bits per heavy atom. The van der Waals surface area contributed by atoms with Crippen LogP contribution in [0.4, 0.5) is 0 Å². The first-order valence-electron chi connectivity index (χ1n) is 10.6. The molecular formula is C24H21N3O6S. The number of ether oxygens (including phenoxy) is 1. The van der Waals surface area contributed by atoms with Gasteiger partial charge in [0, 0.05) is 0 Å². The molecule has 9 nitrogen and oxygen atoms in total. The second-order valence-electron chi connectivity index (χ2n) is 8.35. The Morgan fingerprint density at radius 1 is 1.15 bits per heavy atom. The van der Waals surface area contributed by atoms with E-state index in [1.807, 2.05) is 60.7 Å². The van der Waals surface area contributed by atoms with Crippen molar-refractivity contribution < 1.29 is 27.3 Å². The molecule has 0 unspecified atom stereocenters. The zero-order valence-electron chi connectivity index (χ0n) is 18.1. The van der Waals surface area contributed by atoms with Crippen molar-refractivity contribution in [3.8, 4) is 0 Å². The molecule has 2 fully saturated rings. The fourth-order valence-electron chi connectivity index (χ4n) is 4.49. The van der Waals surface area contributed by atoms with Crippen LogP contribution in [0.5, 0.6) is 0 Å². The van der Waals surface area contributed by atoms with Gasteiger partial charge in [-0.25, -0.2) is 13.2 Å². The van der Waals surface area contributed by atoms with Crippen LogP contribution < -0.4 is 0 Å². The second-order valence-corrected chi connectivity index (χ2v) is 10.9. The monoisotopic (exact) mass is 479 g/mol. The van der Waals surface area contributed by atoms with E-state index in [1.54, 1.807) is 0 Å². The molecule has 0 bridgehead atoms. The number of aromatic nitrogens is 2. The standard InChI is InChI=1S/C24H21N3O6S/c1-24(13-12-18-25-15-32-26-18)22(27-19(28)14-20(27)34(24,30)31)23(29)33-21(16-8-4-2-5-9-16)17-10-6-3-7-11-17/h2-13,15,20-22H,14H2,1H3/b13-12+/t20-,22+,24+/m1/s1. The average molecular weight is 480 g/mol. The second kappa shape index (κ2) is 8.21. The van der Waals surface area contributed by atoms with E-state index >= 15 is 0 Å². The third kappa shape index (κ3) is 3.41. The first kappa shape index (κ1) is 22.0. The maximum atomic E-state index is 13.6. The molecule has 2 aromatic carbocycles. The van der Waals surface area contributed by atoms with Gasteiger partial charge in [0.2, 0.25) is 12.3 Å². The summed E-state index contributed by atoms with van der Waals surface area (Å²) in [6, 6.07) is 16.9. The van der Waals surface area contributed by atoms with Crippen molar-refractivity contribution >= 4 is 27.8 Å². The van der Waals surface area contributed by atoms with E-state index in [-0.39, 0.29) is 12.2 Å². The van der Waals surface area contributed by atoms with Gasteiger partial charge in [0.05, 0.1) is 6.42 Å². The van der Waals surface area contributed by atoms with Crippen molar-refractivity contribution in [3.63, 3.8) is 0 Å². The number of rotatable bonds is 6. The lowest BCUT2D eigenvalue weighted by molar-refractivity contribution is -0.163. The average Bonchev–Trinajstić information content (AvgIpc) is 3.41. The number of hydrogen-bond donors (Lipinski definition) is 0. The summed E-state index contributed by atoms with van der Waals surface area (Å²) >= 11 is 0. The highest BCUT2D eigenvalue weighted by molar-refractivity contribution is 7.94. The maximum Gasteiger partial charge on any atom is 0.331 e. The van der Waals surface area contributed by atoms with Gasteiger partial charge in [-0.05, 0) is 24.1 Å². The summed E-state index contributed by atoms with van der Waals surface area (Å²) in [5, 5.41) is 2.58. The Balaban J connectivity index is 1.54. The van der Waals surface area contributed by atoms with E-state index < -0.39 is 44.0 Å². The van der Waals surface area contributed by atoms with Gasteiger partial charge in [0.15, 0.2) is 27.8 Å². The Morgan fingerprint density at radius 2 is 1.76 bits per heavy atom. The minimum Gasteiger partial charge on any atom is -0.451 e. The van der Waals surface area contributed by atoms with Gasteiger partial charge in [0.1, 0.15) is 10.1 Å². The largest absolute Gasteiger partial charge is 0.451 e. The van der Waals surface area contributed by atoms with Crippen molar-refractivity contribution in [3.05, 3.63) is 90.1 Å². The number of nitrogens with zero attached hydrogens (tertiary/aromatic N) is 3. The van der Waals surface area contributed by atoms with Gasteiger partial charge in [-0.3, -0.25) is 4.79 Å². The summed E-state index contributed by atoms with van der Waals surface area (Å²) in [7, 11) is -3.94.